The molecule has 2 aromatic rings. The van der Waals surface area contributed by atoms with Crippen molar-refractivity contribution in [3.63, 3.8) is 0 Å². The molecule has 1 saturated carbocycles. The molecular formula is C23H27ClN2O3S. The van der Waals surface area contributed by atoms with E-state index in [9.17, 15) is 13.2 Å². The fourth-order valence-electron chi connectivity index (χ4n) is 4.37. The number of aryl methyl sites for hydroxylation is 1. The van der Waals surface area contributed by atoms with Crippen LogP contribution in [0.15, 0.2) is 53.4 Å². The maximum Gasteiger partial charge on any atom is 0.243 e. The zero-order chi connectivity index (χ0) is 21.4. The van der Waals surface area contributed by atoms with E-state index in [-0.39, 0.29) is 11.9 Å². The summed E-state index contributed by atoms with van der Waals surface area (Å²) in [6.07, 6.45) is 3.94. The van der Waals surface area contributed by atoms with Crippen molar-refractivity contribution in [3.05, 3.63) is 64.7 Å². The van der Waals surface area contributed by atoms with Gasteiger partial charge in [-0.05, 0) is 62.4 Å². The first kappa shape index (κ1) is 21.3. The Kier molecular flexibility index (Phi) is 5.93. The summed E-state index contributed by atoms with van der Waals surface area (Å²) in [6, 6.07) is 14.5. The number of carbonyl (C=O) groups excluding carboxylic acids is 1. The van der Waals surface area contributed by atoms with Gasteiger partial charge in [0.05, 0.1) is 10.3 Å². The van der Waals surface area contributed by atoms with Gasteiger partial charge in [0.15, 0.2) is 0 Å². The van der Waals surface area contributed by atoms with Crippen LogP contribution in [0.5, 0.6) is 0 Å². The molecule has 1 N–H and O–H groups in total. The van der Waals surface area contributed by atoms with Crippen molar-refractivity contribution in [3.8, 4) is 0 Å². The molecular weight excluding hydrogens is 420 g/mol. The molecule has 0 radical (unpaired) electrons. The summed E-state index contributed by atoms with van der Waals surface area (Å²) in [5.74, 6) is 0.0518. The minimum Gasteiger partial charge on any atom is -0.352 e. The molecule has 30 heavy (non-hydrogen) atoms. The molecule has 7 heteroatoms. The predicted octanol–water partition coefficient (Wildman–Crippen LogP) is 4.04. The van der Waals surface area contributed by atoms with Gasteiger partial charge in [-0.3, -0.25) is 4.79 Å². The SMILES string of the molecule is Cc1ccc(S(=O)(=O)N2CCC(NC(=O)C3(c4ccc(Cl)cc4)CCC3)CC2)cc1. The number of hydrogen-bond acceptors (Lipinski definition) is 3. The zero-order valence-corrected chi connectivity index (χ0v) is 18.7. The molecule has 1 saturated heterocycles. The number of halogens is 1. The highest BCUT2D eigenvalue weighted by atomic mass is 35.5. The quantitative estimate of drug-likeness (QED) is 0.753. The van der Waals surface area contributed by atoms with Gasteiger partial charge >= 0.3 is 0 Å². The number of benzene rings is 2. The van der Waals surface area contributed by atoms with E-state index in [0.29, 0.717) is 35.8 Å². The first-order chi connectivity index (χ1) is 14.3. The molecule has 0 atom stereocenters. The predicted molar refractivity (Wildman–Crippen MR) is 118 cm³/mol. The number of hydrogen-bond donors (Lipinski definition) is 1. The summed E-state index contributed by atoms with van der Waals surface area (Å²) in [4.78, 5) is 13.5. The minimum atomic E-state index is -3.49. The normalized spacial score (nSPS) is 19.8. The Bertz CT molecular complexity index is 1010. The van der Waals surface area contributed by atoms with Crippen LogP contribution in [0.2, 0.25) is 5.02 Å². The Morgan fingerprint density at radius 3 is 2.17 bits per heavy atom. The summed E-state index contributed by atoms with van der Waals surface area (Å²) in [7, 11) is -3.49. The summed E-state index contributed by atoms with van der Waals surface area (Å²) in [5, 5.41) is 3.86. The minimum absolute atomic E-state index is 0.00765. The van der Waals surface area contributed by atoms with Crippen LogP contribution in [0.25, 0.3) is 0 Å². The average Bonchev–Trinajstić information content (AvgIpc) is 2.69. The molecule has 160 valence electrons. The Morgan fingerprint density at radius 1 is 1.03 bits per heavy atom. The van der Waals surface area contributed by atoms with Crippen molar-refractivity contribution < 1.29 is 13.2 Å². The summed E-state index contributed by atoms with van der Waals surface area (Å²) in [5.41, 5.74) is 1.56. The molecule has 1 amide bonds. The lowest BCUT2D eigenvalue weighted by molar-refractivity contribution is -0.130. The number of piperidine rings is 1. The van der Waals surface area contributed by atoms with Crippen molar-refractivity contribution in [2.75, 3.05) is 13.1 Å². The molecule has 2 aromatic carbocycles. The highest BCUT2D eigenvalue weighted by Crippen LogP contribution is 2.44. The van der Waals surface area contributed by atoms with Gasteiger partial charge in [0.1, 0.15) is 0 Å². The largest absolute Gasteiger partial charge is 0.352 e. The van der Waals surface area contributed by atoms with E-state index in [1.165, 1.54) is 4.31 Å². The zero-order valence-electron chi connectivity index (χ0n) is 17.1. The van der Waals surface area contributed by atoms with Crippen LogP contribution in [0.4, 0.5) is 0 Å². The average molecular weight is 447 g/mol. The fourth-order valence-corrected chi connectivity index (χ4v) is 5.97. The van der Waals surface area contributed by atoms with Gasteiger partial charge in [-0.1, -0.05) is 47.9 Å². The first-order valence-electron chi connectivity index (χ1n) is 10.5. The van der Waals surface area contributed by atoms with E-state index in [4.69, 9.17) is 11.6 Å². The van der Waals surface area contributed by atoms with E-state index in [1.807, 2.05) is 43.3 Å². The molecule has 2 fully saturated rings. The van der Waals surface area contributed by atoms with E-state index in [0.717, 1.165) is 30.4 Å². The maximum atomic E-state index is 13.2. The summed E-state index contributed by atoms with van der Waals surface area (Å²) >= 11 is 6.01. The van der Waals surface area contributed by atoms with Crippen LogP contribution in [-0.4, -0.2) is 37.8 Å². The molecule has 1 aliphatic heterocycles. The highest BCUT2D eigenvalue weighted by molar-refractivity contribution is 7.89. The topological polar surface area (TPSA) is 66.5 Å². The van der Waals surface area contributed by atoms with E-state index in [2.05, 4.69) is 5.32 Å². The van der Waals surface area contributed by atoms with E-state index in [1.54, 1.807) is 12.1 Å². The standard InChI is InChI=1S/C23H27ClN2O3S/c1-17-3-9-21(10-4-17)30(28,29)26-15-11-20(12-16-26)25-22(27)23(13-2-14-23)18-5-7-19(24)8-6-18/h3-10,20H,2,11-16H2,1H3,(H,25,27). The highest BCUT2D eigenvalue weighted by Gasteiger charge is 2.46. The van der Waals surface area contributed by atoms with Gasteiger partial charge in [0.2, 0.25) is 15.9 Å². The Hall–Kier alpha value is -1.89. The van der Waals surface area contributed by atoms with Crippen molar-refractivity contribution in [2.45, 2.75) is 55.4 Å². The molecule has 4 rings (SSSR count). The molecule has 0 aromatic heterocycles. The van der Waals surface area contributed by atoms with Crippen molar-refractivity contribution >= 4 is 27.5 Å². The van der Waals surface area contributed by atoms with Gasteiger partial charge in [-0.2, -0.15) is 4.31 Å². The lowest BCUT2D eigenvalue weighted by atomic mass is 9.63. The smallest absolute Gasteiger partial charge is 0.243 e. The summed E-state index contributed by atoms with van der Waals surface area (Å²) < 4.78 is 27.3. The fraction of sp³-hybridized carbons (Fsp3) is 0.435. The molecule has 1 heterocycles. The second-order valence-corrected chi connectivity index (χ2v) is 10.8. The molecule has 2 aliphatic rings. The van der Waals surface area contributed by atoms with Crippen LogP contribution in [0.3, 0.4) is 0 Å². The first-order valence-corrected chi connectivity index (χ1v) is 12.3. The molecule has 5 nitrogen and oxygen atoms in total. The van der Waals surface area contributed by atoms with Crippen LogP contribution >= 0.6 is 11.6 Å². The molecule has 0 spiro atoms. The van der Waals surface area contributed by atoms with Crippen molar-refractivity contribution in [2.24, 2.45) is 0 Å². The number of rotatable bonds is 5. The Labute approximate surface area is 183 Å². The molecule has 1 aliphatic carbocycles. The van der Waals surface area contributed by atoms with Gasteiger partial charge in [-0.25, -0.2) is 8.42 Å². The second kappa shape index (κ2) is 8.33. The van der Waals surface area contributed by atoms with Crippen molar-refractivity contribution in [1.29, 1.82) is 0 Å². The van der Waals surface area contributed by atoms with Gasteiger partial charge in [-0.15, -0.1) is 0 Å². The van der Waals surface area contributed by atoms with Crippen LogP contribution in [0, 0.1) is 6.92 Å². The third-order valence-electron chi connectivity index (χ3n) is 6.49. The van der Waals surface area contributed by atoms with Gasteiger partial charge in [0, 0.05) is 24.2 Å². The molecule has 0 bridgehead atoms. The molecule has 0 unspecified atom stereocenters. The monoisotopic (exact) mass is 446 g/mol. The Morgan fingerprint density at radius 2 is 1.63 bits per heavy atom. The number of carbonyl (C=O) groups is 1. The number of amides is 1. The van der Waals surface area contributed by atoms with E-state index >= 15 is 0 Å². The third-order valence-corrected chi connectivity index (χ3v) is 8.65. The van der Waals surface area contributed by atoms with Crippen molar-refractivity contribution in [1.82, 2.24) is 9.62 Å². The van der Waals surface area contributed by atoms with Gasteiger partial charge in [0.25, 0.3) is 0 Å². The maximum absolute atomic E-state index is 13.2. The number of sulfonamides is 1. The Balaban J connectivity index is 1.39. The third kappa shape index (κ3) is 4.01. The van der Waals surface area contributed by atoms with E-state index < -0.39 is 15.4 Å². The van der Waals surface area contributed by atoms with Crippen LogP contribution in [0.1, 0.15) is 43.2 Å². The van der Waals surface area contributed by atoms with Crippen LogP contribution < -0.4 is 5.32 Å². The lowest BCUT2D eigenvalue weighted by Crippen LogP contribution is -2.54. The summed E-state index contributed by atoms with van der Waals surface area (Å²) in [6.45, 7) is 2.76. The van der Waals surface area contributed by atoms with Gasteiger partial charge < -0.3 is 5.32 Å². The second-order valence-electron chi connectivity index (χ2n) is 8.41. The number of nitrogens with one attached hydrogen (secondary N) is 1. The van der Waals surface area contributed by atoms with Crippen LogP contribution in [-0.2, 0) is 20.2 Å². The lowest BCUT2D eigenvalue weighted by Gasteiger charge is -2.42. The number of nitrogens with zero attached hydrogens (tertiary/aromatic N) is 1.